The van der Waals surface area contributed by atoms with Crippen LogP contribution in [0.2, 0.25) is 0 Å². The van der Waals surface area contributed by atoms with E-state index in [-0.39, 0.29) is 26.2 Å². The average Bonchev–Trinajstić information content (AvgIpc) is 3.51. The van der Waals surface area contributed by atoms with Crippen LogP contribution < -0.4 is 14.4 Å². The van der Waals surface area contributed by atoms with Gasteiger partial charge in [0.05, 0.1) is 0 Å². The lowest BCUT2D eigenvalue weighted by atomic mass is 10.0. The van der Waals surface area contributed by atoms with Crippen molar-refractivity contribution in [3.05, 3.63) is 162 Å². The molecule has 47 heavy (non-hydrogen) atoms. The molecule has 1 aliphatic carbocycles. The van der Waals surface area contributed by atoms with Crippen molar-refractivity contribution in [1.82, 2.24) is 0 Å². The SMILES string of the molecule is C.C=CCC1=CCC(F)C=C1.CC.O=C1OCC(c2ccc(OCc3ccccc3)cc2OCc2ccccc2)N1c1ccccc1. The molecule has 0 radical (unpaired) electrons. The van der Waals surface area contributed by atoms with Crippen molar-refractivity contribution in [2.24, 2.45) is 0 Å². The van der Waals surface area contributed by atoms with E-state index in [9.17, 15) is 9.18 Å². The molecule has 0 spiro atoms. The first-order valence-electron chi connectivity index (χ1n) is 15.7. The summed E-state index contributed by atoms with van der Waals surface area (Å²) in [4.78, 5) is 14.3. The third kappa shape index (κ3) is 10.7. The number of rotatable bonds is 10. The Morgan fingerprint density at radius 3 is 2.04 bits per heavy atom. The van der Waals surface area contributed by atoms with E-state index in [1.165, 1.54) is 5.57 Å². The molecule has 1 amide bonds. The van der Waals surface area contributed by atoms with E-state index in [1.54, 1.807) is 11.0 Å². The van der Waals surface area contributed by atoms with Crippen LogP contribution in [0.1, 0.15) is 56.8 Å². The van der Waals surface area contributed by atoms with Crippen LogP contribution in [0.5, 0.6) is 11.5 Å². The van der Waals surface area contributed by atoms with E-state index in [4.69, 9.17) is 14.2 Å². The van der Waals surface area contributed by atoms with Gasteiger partial charge in [-0.05, 0) is 47.4 Å². The van der Waals surface area contributed by atoms with Crippen molar-refractivity contribution in [1.29, 1.82) is 0 Å². The summed E-state index contributed by atoms with van der Waals surface area (Å²) in [7, 11) is 0. The van der Waals surface area contributed by atoms with Crippen LogP contribution in [0.25, 0.3) is 0 Å². The summed E-state index contributed by atoms with van der Waals surface area (Å²) in [5.41, 5.74) is 4.97. The Hall–Kier alpha value is -5.10. The van der Waals surface area contributed by atoms with Gasteiger partial charge in [0.2, 0.25) is 0 Å². The number of hydrogen-bond donors (Lipinski definition) is 0. The Balaban J connectivity index is 0.000000394. The average molecular weight is 636 g/mol. The van der Waals surface area contributed by atoms with Gasteiger partial charge < -0.3 is 14.2 Å². The number of para-hydroxylation sites is 1. The highest BCUT2D eigenvalue weighted by atomic mass is 19.1. The lowest BCUT2D eigenvalue weighted by Crippen LogP contribution is -2.27. The molecule has 1 fully saturated rings. The Morgan fingerprint density at radius 2 is 1.47 bits per heavy atom. The lowest BCUT2D eigenvalue weighted by Gasteiger charge is -2.24. The standard InChI is InChI=1S/C29H25NO4.C9H11F.C2H6.CH4/c31-29-30(24-14-8-3-9-15-24)27(21-34-29)26-17-16-25(32-19-22-10-4-1-5-11-22)18-28(26)33-20-23-12-6-2-7-13-23;1-2-3-8-4-6-9(10)7-5-8;1-2;/h1-18,27H,19-21H2;2,4-6,9H,1,3,7H2;1-2H3;1H4. The zero-order valence-corrected chi connectivity index (χ0v) is 26.6. The molecule has 2 unspecified atom stereocenters. The maximum Gasteiger partial charge on any atom is 0.415 e. The lowest BCUT2D eigenvalue weighted by molar-refractivity contribution is 0.178. The van der Waals surface area contributed by atoms with Gasteiger partial charge in [-0.15, -0.1) is 6.58 Å². The van der Waals surface area contributed by atoms with Crippen LogP contribution in [0.4, 0.5) is 14.9 Å². The van der Waals surface area contributed by atoms with Crippen LogP contribution in [-0.4, -0.2) is 18.9 Å². The number of allylic oxidation sites excluding steroid dienone is 5. The fourth-order valence-corrected chi connectivity index (χ4v) is 4.96. The molecule has 1 heterocycles. The molecule has 0 bridgehead atoms. The van der Waals surface area contributed by atoms with Gasteiger partial charge in [0.25, 0.3) is 0 Å². The largest absolute Gasteiger partial charge is 0.489 e. The zero-order chi connectivity index (χ0) is 32.6. The van der Waals surface area contributed by atoms with Gasteiger partial charge in [-0.2, -0.15) is 0 Å². The van der Waals surface area contributed by atoms with E-state index in [0.717, 1.165) is 28.8 Å². The van der Waals surface area contributed by atoms with Gasteiger partial charge in [0.15, 0.2) is 0 Å². The molecule has 0 saturated carbocycles. The van der Waals surface area contributed by atoms with E-state index < -0.39 is 6.17 Å². The normalized spacial score (nSPS) is 16.2. The molecule has 2 aliphatic rings. The third-order valence-corrected chi connectivity index (χ3v) is 7.24. The van der Waals surface area contributed by atoms with Crippen LogP contribution in [0, 0.1) is 0 Å². The molecule has 2 atom stereocenters. The Bertz CT molecular complexity index is 1570. The van der Waals surface area contributed by atoms with Gasteiger partial charge in [-0.1, -0.05) is 124 Å². The van der Waals surface area contributed by atoms with E-state index in [2.05, 4.69) is 6.58 Å². The molecule has 1 aliphatic heterocycles. The molecule has 6 rings (SSSR count). The van der Waals surface area contributed by atoms with Gasteiger partial charge >= 0.3 is 6.09 Å². The third-order valence-electron chi connectivity index (χ3n) is 7.24. The smallest absolute Gasteiger partial charge is 0.415 e. The number of ether oxygens (including phenoxy) is 3. The molecular formula is C41H46FNO4. The maximum atomic E-state index is 12.6. The summed E-state index contributed by atoms with van der Waals surface area (Å²) < 4.78 is 30.2. The first-order chi connectivity index (χ1) is 22.6. The van der Waals surface area contributed by atoms with Gasteiger partial charge in [0, 0.05) is 23.7 Å². The summed E-state index contributed by atoms with van der Waals surface area (Å²) >= 11 is 0. The van der Waals surface area contributed by atoms with Crippen molar-refractivity contribution in [2.75, 3.05) is 11.5 Å². The molecule has 4 aromatic carbocycles. The number of nitrogens with zero attached hydrogens (tertiary/aromatic N) is 1. The van der Waals surface area contributed by atoms with E-state index >= 15 is 0 Å². The molecule has 246 valence electrons. The molecule has 4 aromatic rings. The van der Waals surface area contributed by atoms with Crippen LogP contribution in [0.3, 0.4) is 0 Å². The summed E-state index contributed by atoms with van der Waals surface area (Å²) in [5, 5.41) is 0. The second-order valence-electron chi connectivity index (χ2n) is 10.4. The molecular weight excluding hydrogens is 589 g/mol. The highest BCUT2D eigenvalue weighted by molar-refractivity contribution is 5.90. The van der Waals surface area contributed by atoms with Crippen molar-refractivity contribution in [3.8, 4) is 11.5 Å². The fourth-order valence-electron chi connectivity index (χ4n) is 4.96. The van der Waals surface area contributed by atoms with Crippen LogP contribution in [0.15, 0.2) is 146 Å². The molecule has 0 N–H and O–H groups in total. The first kappa shape index (κ1) is 36.4. The summed E-state index contributed by atoms with van der Waals surface area (Å²) in [6, 6.07) is 35.0. The number of halogens is 1. The Kier molecular flexibility index (Phi) is 15.0. The number of alkyl halides is 1. The predicted molar refractivity (Wildman–Crippen MR) is 191 cm³/mol. The Morgan fingerprint density at radius 1 is 0.872 bits per heavy atom. The molecule has 5 nitrogen and oxygen atoms in total. The first-order valence-corrected chi connectivity index (χ1v) is 15.7. The summed E-state index contributed by atoms with van der Waals surface area (Å²) in [6.45, 7) is 8.72. The van der Waals surface area contributed by atoms with Gasteiger partial charge in [-0.25, -0.2) is 9.18 Å². The molecule has 1 saturated heterocycles. The number of amides is 1. The minimum atomic E-state index is -0.770. The number of hydrogen-bond acceptors (Lipinski definition) is 4. The maximum absolute atomic E-state index is 12.6. The van der Waals surface area contributed by atoms with Crippen LogP contribution in [-0.2, 0) is 18.0 Å². The number of anilines is 1. The molecule has 6 heteroatoms. The highest BCUT2D eigenvalue weighted by Crippen LogP contribution is 2.39. The minimum Gasteiger partial charge on any atom is -0.489 e. The second-order valence-corrected chi connectivity index (χ2v) is 10.4. The number of cyclic esters (lactones) is 1. The van der Waals surface area contributed by atoms with Crippen molar-refractivity contribution < 1.29 is 23.4 Å². The minimum absolute atomic E-state index is 0. The van der Waals surface area contributed by atoms with Gasteiger partial charge in [-0.3, -0.25) is 4.90 Å². The summed E-state index contributed by atoms with van der Waals surface area (Å²) in [5.74, 6) is 1.37. The number of benzene rings is 4. The van der Waals surface area contributed by atoms with Gasteiger partial charge in [0.1, 0.15) is 43.5 Å². The van der Waals surface area contributed by atoms with Crippen molar-refractivity contribution in [2.45, 2.75) is 59.5 Å². The summed E-state index contributed by atoms with van der Waals surface area (Å²) in [6.07, 6.45) is 7.42. The highest BCUT2D eigenvalue weighted by Gasteiger charge is 2.37. The van der Waals surface area contributed by atoms with Crippen molar-refractivity contribution in [3.63, 3.8) is 0 Å². The fraction of sp³-hybridized carbons (Fsp3) is 0.244. The van der Waals surface area contributed by atoms with E-state index in [0.29, 0.717) is 31.1 Å². The van der Waals surface area contributed by atoms with E-state index in [1.807, 2.05) is 141 Å². The topological polar surface area (TPSA) is 48.0 Å². The monoisotopic (exact) mass is 635 g/mol. The Labute approximate surface area is 279 Å². The second kappa shape index (κ2) is 19.4. The predicted octanol–water partition coefficient (Wildman–Crippen LogP) is 11.0. The quantitative estimate of drug-likeness (QED) is 0.163. The number of carbonyl (C=O) groups excluding carboxylic acids is 1. The number of carbonyl (C=O) groups is 1. The van der Waals surface area contributed by atoms with Crippen molar-refractivity contribution >= 4 is 11.8 Å². The van der Waals surface area contributed by atoms with Crippen LogP contribution >= 0.6 is 0 Å². The zero-order valence-electron chi connectivity index (χ0n) is 26.6. The molecule has 0 aromatic heterocycles.